The van der Waals surface area contributed by atoms with Gasteiger partial charge in [0.25, 0.3) is 0 Å². The lowest BCUT2D eigenvalue weighted by Crippen LogP contribution is -2.36. The van der Waals surface area contributed by atoms with Crippen molar-refractivity contribution in [2.45, 2.75) is 20.0 Å². The van der Waals surface area contributed by atoms with E-state index in [1.54, 1.807) is 12.2 Å². The van der Waals surface area contributed by atoms with E-state index in [4.69, 9.17) is 16.3 Å². The van der Waals surface area contributed by atoms with E-state index in [9.17, 15) is 4.79 Å². The second-order valence-corrected chi connectivity index (χ2v) is 7.12. The van der Waals surface area contributed by atoms with Gasteiger partial charge in [0.05, 0.1) is 13.2 Å². The van der Waals surface area contributed by atoms with Crippen LogP contribution in [0.2, 0.25) is 5.02 Å². The molecule has 0 aliphatic carbocycles. The maximum atomic E-state index is 12.2. The van der Waals surface area contributed by atoms with E-state index in [1.165, 1.54) is 5.56 Å². The van der Waals surface area contributed by atoms with Gasteiger partial charge in [-0.2, -0.15) is 0 Å². The van der Waals surface area contributed by atoms with Crippen LogP contribution in [0.4, 0.5) is 0 Å². The molecule has 2 aromatic rings. The molecular weight excluding hydrogens is 360 g/mol. The molecule has 0 atom stereocenters. The van der Waals surface area contributed by atoms with E-state index in [0.717, 1.165) is 49.5 Å². The van der Waals surface area contributed by atoms with Crippen LogP contribution in [-0.4, -0.2) is 37.1 Å². The summed E-state index contributed by atoms with van der Waals surface area (Å²) in [4.78, 5) is 14.6. The van der Waals surface area contributed by atoms with Crippen LogP contribution in [0, 0.1) is 6.92 Å². The Morgan fingerprint density at radius 1 is 1.19 bits per heavy atom. The first kappa shape index (κ1) is 19.6. The number of morpholine rings is 1. The zero-order valence-corrected chi connectivity index (χ0v) is 16.3. The highest BCUT2D eigenvalue weighted by Crippen LogP contribution is 2.17. The van der Waals surface area contributed by atoms with Crippen LogP contribution in [0.15, 0.2) is 48.5 Å². The summed E-state index contributed by atoms with van der Waals surface area (Å²) in [7, 11) is 0. The van der Waals surface area contributed by atoms with E-state index in [0.29, 0.717) is 11.6 Å². The first-order valence-corrected chi connectivity index (χ1v) is 9.58. The van der Waals surface area contributed by atoms with Crippen molar-refractivity contribution in [2.24, 2.45) is 0 Å². The fourth-order valence-corrected chi connectivity index (χ4v) is 3.20. The van der Waals surface area contributed by atoms with Crippen LogP contribution in [0.25, 0.3) is 6.08 Å². The summed E-state index contributed by atoms with van der Waals surface area (Å²) in [6, 6.07) is 14.0. The third-order valence-corrected chi connectivity index (χ3v) is 5.10. The quantitative estimate of drug-likeness (QED) is 0.770. The number of hydrogen-bond donors (Lipinski definition) is 1. The molecule has 27 heavy (non-hydrogen) atoms. The number of rotatable bonds is 6. The Labute approximate surface area is 165 Å². The van der Waals surface area contributed by atoms with Crippen LogP contribution < -0.4 is 5.32 Å². The van der Waals surface area contributed by atoms with Crippen molar-refractivity contribution >= 4 is 23.6 Å². The minimum absolute atomic E-state index is 0.118. The summed E-state index contributed by atoms with van der Waals surface area (Å²) in [6.07, 6.45) is 3.33. The first-order valence-electron chi connectivity index (χ1n) is 9.21. The Balaban J connectivity index is 1.56. The highest BCUT2D eigenvalue weighted by Gasteiger charge is 2.12. The van der Waals surface area contributed by atoms with Gasteiger partial charge in [0.15, 0.2) is 0 Å². The summed E-state index contributed by atoms with van der Waals surface area (Å²) in [5, 5.41) is 3.67. The van der Waals surface area contributed by atoms with Crippen molar-refractivity contribution in [3.63, 3.8) is 0 Å². The van der Waals surface area contributed by atoms with Crippen molar-refractivity contribution in [1.82, 2.24) is 10.2 Å². The number of carbonyl (C=O) groups is 1. The van der Waals surface area contributed by atoms with Gasteiger partial charge >= 0.3 is 0 Å². The molecule has 1 heterocycles. The van der Waals surface area contributed by atoms with Gasteiger partial charge < -0.3 is 10.1 Å². The summed E-state index contributed by atoms with van der Waals surface area (Å²) >= 11 is 6.12. The summed E-state index contributed by atoms with van der Waals surface area (Å²) < 4.78 is 5.41. The maximum absolute atomic E-state index is 12.2. The Kier molecular flexibility index (Phi) is 7.04. The third-order valence-electron chi connectivity index (χ3n) is 4.69. The second-order valence-electron chi connectivity index (χ2n) is 6.72. The molecule has 0 spiro atoms. The number of halogens is 1. The smallest absolute Gasteiger partial charge is 0.244 e. The number of nitrogens with zero attached hydrogens (tertiary/aromatic N) is 1. The van der Waals surface area contributed by atoms with Gasteiger partial charge in [0, 0.05) is 37.3 Å². The van der Waals surface area contributed by atoms with Crippen LogP contribution >= 0.6 is 11.6 Å². The molecule has 2 aromatic carbocycles. The highest BCUT2D eigenvalue weighted by molar-refractivity contribution is 6.31. The molecular formula is C22H25ClN2O2. The molecule has 0 aromatic heterocycles. The Hall–Kier alpha value is -2.14. The monoisotopic (exact) mass is 384 g/mol. The molecule has 142 valence electrons. The lowest BCUT2D eigenvalue weighted by molar-refractivity contribution is -0.116. The zero-order chi connectivity index (χ0) is 19.1. The number of hydrogen-bond acceptors (Lipinski definition) is 3. The zero-order valence-electron chi connectivity index (χ0n) is 15.6. The van der Waals surface area contributed by atoms with Crippen molar-refractivity contribution in [3.8, 4) is 0 Å². The van der Waals surface area contributed by atoms with Gasteiger partial charge in [-0.05, 0) is 41.3 Å². The van der Waals surface area contributed by atoms with Gasteiger partial charge in [0.2, 0.25) is 5.91 Å². The first-order chi connectivity index (χ1) is 13.1. The van der Waals surface area contributed by atoms with E-state index in [1.807, 2.05) is 37.3 Å². The molecule has 1 aliphatic rings. The van der Waals surface area contributed by atoms with Crippen LogP contribution in [0.5, 0.6) is 0 Å². The van der Waals surface area contributed by atoms with Gasteiger partial charge in [-0.3, -0.25) is 9.69 Å². The normalized spacial score (nSPS) is 15.2. The van der Waals surface area contributed by atoms with Crippen molar-refractivity contribution in [3.05, 3.63) is 75.8 Å². The minimum Gasteiger partial charge on any atom is -0.379 e. The number of amides is 1. The number of ether oxygens (including phenoxy) is 1. The Bertz CT molecular complexity index is 814. The van der Waals surface area contributed by atoms with E-state index in [-0.39, 0.29) is 5.91 Å². The van der Waals surface area contributed by atoms with Crippen LogP contribution in [0.1, 0.15) is 22.3 Å². The number of benzene rings is 2. The van der Waals surface area contributed by atoms with Crippen molar-refractivity contribution in [1.29, 1.82) is 0 Å². The van der Waals surface area contributed by atoms with Crippen molar-refractivity contribution in [2.75, 3.05) is 26.3 Å². The molecule has 4 nitrogen and oxygen atoms in total. The Morgan fingerprint density at radius 2 is 1.93 bits per heavy atom. The summed E-state index contributed by atoms with van der Waals surface area (Å²) in [5.41, 5.74) is 4.32. The molecule has 1 aliphatic heterocycles. The Morgan fingerprint density at radius 3 is 2.67 bits per heavy atom. The number of nitrogens with one attached hydrogen (secondary N) is 1. The largest absolute Gasteiger partial charge is 0.379 e. The molecule has 1 N–H and O–H groups in total. The van der Waals surface area contributed by atoms with E-state index < -0.39 is 0 Å². The number of carbonyl (C=O) groups excluding carboxylic acids is 1. The molecule has 1 fully saturated rings. The van der Waals surface area contributed by atoms with Gasteiger partial charge in [-0.15, -0.1) is 0 Å². The molecule has 0 saturated carbocycles. The summed E-state index contributed by atoms with van der Waals surface area (Å²) in [6.45, 7) is 6.81. The van der Waals surface area contributed by atoms with Gasteiger partial charge in [-0.25, -0.2) is 0 Å². The van der Waals surface area contributed by atoms with Crippen molar-refractivity contribution < 1.29 is 9.53 Å². The third kappa shape index (κ3) is 5.93. The maximum Gasteiger partial charge on any atom is 0.244 e. The number of aryl methyl sites for hydroxylation is 1. The average Bonchev–Trinajstić information content (AvgIpc) is 2.69. The minimum atomic E-state index is -0.118. The molecule has 0 radical (unpaired) electrons. The van der Waals surface area contributed by atoms with E-state index >= 15 is 0 Å². The predicted molar refractivity (Wildman–Crippen MR) is 110 cm³/mol. The van der Waals surface area contributed by atoms with Crippen LogP contribution in [-0.2, 0) is 22.6 Å². The summed E-state index contributed by atoms with van der Waals surface area (Å²) in [5.74, 6) is -0.118. The second kappa shape index (κ2) is 9.70. The molecule has 5 heteroatoms. The lowest BCUT2D eigenvalue weighted by atomic mass is 10.1. The predicted octanol–water partition coefficient (Wildman–Crippen LogP) is 3.81. The molecule has 1 saturated heterocycles. The molecule has 0 bridgehead atoms. The highest BCUT2D eigenvalue weighted by atomic mass is 35.5. The SMILES string of the molecule is Cc1ccc(/C=C/C(=O)NCc2ccccc2CN2CCOCC2)cc1Cl. The fourth-order valence-electron chi connectivity index (χ4n) is 3.01. The molecule has 1 amide bonds. The van der Waals surface area contributed by atoms with Gasteiger partial charge in [0.1, 0.15) is 0 Å². The average molecular weight is 385 g/mol. The standard InChI is InChI=1S/C22H25ClN2O2/c1-17-6-7-18(14-21(17)23)8-9-22(26)24-15-19-4-2-3-5-20(19)16-25-10-12-27-13-11-25/h2-9,14H,10-13,15-16H2,1H3,(H,24,26)/b9-8+. The van der Waals surface area contributed by atoms with Gasteiger partial charge in [-0.1, -0.05) is 48.0 Å². The van der Waals surface area contributed by atoms with Crippen LogP contribution in [0.3, 0.4) is 0 Å². The molecule has 0 unspecified atom stereocenters. The van der Waals surface area contributed by atoms with E-state index in [2.05, 4.69) is 22.3 Å². The molecule has 3 rings (SSSR count). The fraction of sp³-hybridized carbons (Fsp3) is 0.318. The lowest BCUT2D eigenvalue weighted by Gasteiger charge is -2.27. The topological polar surface area (TPSA) is 41.6 Å².